The molecule has 39 heavy (non-hydrogen) atoms. The first-order valence-corrected chi connectivity index (χ1v) is 14.8. The summed E-state index contributed by atoms with van der Waals surface area (Å²) in [6, 6.07) is 11.2. The van der Waals surface area contributed by atoms with Crippen molar-refractivity contribution in [3.63, 3.8) is 0 Å². The minimum atomic E-state index is -0.302. The molecule has 0 radical (unpaired) electrons. The fourth-order valence-corrected chi connectivity index (χ4v) is 7.39. The second kappa shape index (κ2) is 10.4. The number of phenols is 1. The molecule has 4 aliphatic rings. The number of benzene rings is 2. The third-order valence-electron chi connectivity index (χ3n) is 8.71. The summed E-state index contributed by atoms with van der Waals surface area (Å²) >= 11 is 3.73. The number of anilines is 2. The molecule has 0 spiro atoms. The van der Waals surface area contributed by atoms with E-state index in [1.807, 2.05) is 24.3 Å². The Morgan fingerprint density at radius 2 is 1.97 bits per heavy atom. The van der Waals surface area contributed by atoms with E-state index in [9.17, 15) is 9.50 Å². The van der Waals surface area contributed by atoms with E-state index in [1.165, 1.54) is 18.4 Å². The number of ether oxygens (including phenoxy) is 1. The molecule has 3 fully saturated rings. The highest BCUT2D eigenvalue weighted by molar-refractivity contribution is 9.10. The van der Waals surface area contributed by atoms with Gasteiger partial charge in [0.25, 0.3) is 0 Å². The number of fused-ring (bicyclic) bond motifs is 4. The highest BCUT2D eigenvalue weighted by Crippen LogP contribution is 2.40. The third kappa shape index (κ3) is 4.91. The minimum absolute atomic E-state index is 0.0555. The molecule has 206 valence electrons. The average molecular weight is 598 g/mol. The van der Waals surface area contributed by atoms with Gasteiger partial charge in [-0.2, -0.15) is 9.97 Å². The van der Waals surface area contributed by atoms with Crippen LogP contribution in [0.3, 0.4) is 0 Å². The molecule has 0 saturated carbocycles. The predicted molar refractivity (Wildman–Crippen MR) is 154 cm³/mol. The van der Waals surface area contributed by atoms with Crippen LogP contribution in [0.5, 0.6) is 11.8 Å². The molecule has 0 aliphatic carbocycles. The molecule has 2 unspecified atom stereocenters. The number of aromatic hydroxyl groups is 1. The molecule has 2 bridgehead atoms. The normalized spacial score (nSPS) is 26.3. The van der Waals surface area contributed by atoms with Crippen molar-refractivity contribution in [2.75, 3.05) is 49.3 Å². The molecule has 0 amide bonds. The van der Waals surface area contributed by atoms with Gasteiger partial charge in [0, 0.05) is 77.4 Å². The van der Waals surface area contributed by atoms with Gasteiger partial charge in [-0.25, -0.2) is 0 Å². The quantitative estimate of drug-likeness (QED) is 0.395. The molecule has 2 aromatic carbocycles. The fraction of sp³-hybridized carbons (Fsp3) is 0.517. The Morgan fingerprint density at radius 3 is 2.77 bits per heavy atom. The maximum absolute atomic E-state index is 13.1. The van der Waals surface area contributed by atoms with E-state index in [4.69, 9.17) is 14.7 Å². The first-order chi connectivity index (χ1) is 19.0. The lowest BCUT2D eigenvalue weighted by Crippen LogP contribution is -2.52. The van der Waals surface area contributed by atoms with Gasteiger partial charge < -0.3 is 30.3 Å². The van der Waals surface area contributed by atoms with Crippen LogP contribution in [0.15, 0.2) is 34.8 Å². The number of rotatable bonds is 6. The minimum Gasteiger partial charge on any atom is -0.508 e. The van der Waals surface area contributed by atoms with Crippen molar-refractivity contribution in [3.05, 3.63) is 46.1 Å². The van der Waals surface area contributed by atoms with Gasteiger partial charge in [-0.3, -0.25) is 4.39 Å². The highest BCUT2D eigenvalue weighted by atomic mass is 79.9. The van der Waals surface area contributed by atoms with E-state index >= 15 is 0 Å². The molecule has 1 aromatic heterocycles. The summed E-state index contributed by atoms with van der Waals surface area (Å²) in [6.45, 7) is 4.10. The molecular weight excluding hydrogens is 563 g/mol. The summed E-state index contributed by atoms with van der Waals surface area (Å²) in [5, 5.41) is 19.7. The number of nitrogens with zero attached hydrogens (tertiary/aromatic N) is 4. The zero-order valence-corrected chi connectivity index (χ0v) is 23.5. The van der Waals surface area contributed by atoms with Crippen LogP contribution in [0.25, 0.3) is 10.8 Å². The van der Waals surface area contributed by atoms with E-state index in [2.05, 4.69) is 36.4 Å². The summed E-state index contributed by atoms with van der Waals surface area (Å²) < 4.78 is 20.3. The van der Waals surface area contributed by atoms with Crippen LogP contribution in [0.4, 0.5) is 15.9 Å². The Kier molecular flexibility index (Phi) is 6.72. The van der Waals surface area contributed by atoms with E-state index in [0.717, 1.165) is 64.9 Å². The number of nitrogens with one attached hydrogen (secondary N) is 2. The summed E-state index contributed by atoms with van der Waals surface area (Å²) in [7, 11) is 0. The van der Waals surface area contributed by atoms with Crippen LogP contribution < -0.4 is 25.2 Å². The molecule has 3 saturated heterocycles. The van der Waals surface area contributed by atoms with Gasteiger partial charge in [-0.15, -0.1) is 0 Å². The Morgan fingerprint density at radius 1 is 1.13 bits per heavy atom. The van der Waals surface area contributed by atoms with E-state index in [1.54, 1.807) is 6.07 Å². The number of hydrogen-bond donors (Lipinski definition) is 3. The maximum atomic E-state index is 13.1. The molecule has 4 aliphatic heterocycles. The van der Waals surface area contributed by atoms with Gasteiger partial charge >= 0.3 is 6.01 Å². The topological polar surface area (TPSA) is 85.8 Å². The summed E-state index contributed by atoms with van der Waals surface area (Å²) in [4.78, 5) is 14.6. The van der Waals surface area contributed by atoms with E-state index in [-0.39, 0.29) is 24.4 Å². The van der Waals surface area contributed by atoms with Crippen molar-refractivity contribution < 1.29 is 14.2 Å². The SMILES string of the molecule is Oc1cc(N2CCc3c(nc(OC[C@@H]4C[C@@H](CF)CN4)nc3N3CC4CCC(C3)N4)C2)c2c(Br)cccc2c1. The van der Waals surface area contributed by atoms with Crippen LogP contribution in [-0.2, 0) is 13.0 Å². The molecular formula is C29H34BrFN6O2. The summed E-state index contributed by atoms with van der Waals surface area (Å²) in [5.74, 6) is 1.30. The van der Waals surface area contributed by atoms with Gasteiger partial charge in [0.15, 0.2) is 0 Å². The number of hydrogen-bond acceptors (Lipinski definition) is 8. The molecule has 3 aromatic rings. The second-order valence-corrected chi connectivity index (χ2v) is 12.3. The lowest BCUT2D eigenvalue weighted by Gasteiger charge is -2.37. The largest absolute Gasteiger partial charge is 0.508 e. The van der Waals surface area contributed by atoms with Crippen LogP contribution in [0, 0.1) is 5.92 Å². The average Bonchev–Trinajstić information content (AvgIpc) is 3.55. The number of phenolic OH excluding ortho intramolecular Hbond substituents is 1. The number of piperazine rings is 1. The summed E-state index contributed by atoms with van der Waals surface area (Å²) in [6.07, 6.45) is 3.99. The predicted octanol–water partition coefficient (Wildman–Crippen LogP) is 3.93. The zero-order chi connectivity index (χ0) is 26.5. The Balaban J connectivity index is 1.22. The van der Waals surface area contributed by atoms with Crippen molar-refractivity contribution in [3.8, 4) is 11.8 Å². The third-order valence-corrected chi connectivity index (χ3v) is 9.38. The molecule has 8 nitrogen and oxygen atoms in total. The van der Waals surface area contributed by atoms with Crippen LogP contribution in [0.2, 0.25) is 0 Å². The molecule has 3 N–H and O–H groups in total. The Labute approximate surface area is 236 Å². The highest BCUT2D eigenvalue weighted by Gasteiger charge is 2.35. The van der Waals surface area contributed by atoms with Crippen LogP contribution in [0.1, 0.15) is 30.5 Å². The second-order valence-electron chi connectivity index (χ2n) is 11.4. The molecule has 4 atom stereocenters. The van der Waals surface area contributed by atoms with Gasteiger partial charge in [0.05, 0.1) is 18.9 Å². The lowest BCUT2D eigenvalue weighted by atomic mass is 10.0. The van der Waals surface area contributed by atoms with Crippen molar-refractivity contribution in [2.24, 2.45) is 5.92 Å². The van der Waals surface area contributed by atoms with E-state index < -0.39 is 0 Å². The van der Waals surface area contributed by atoms with E-state index in [0.29, 0.717) is 37.8 Å². The van der Waals surface area contributed by atoms with Gasteiger partial charge in [-0.05, 0) is 43.2 Å². The number of aromatic nitrogens is 2. The number of halogens is 2. The smallest absolute Gasteiger partial charge is 0.318 e. The van der Waals surface area contributed by atoms with Crippen molar-refractivity contribution in [1.82, 2.24) is 20.6 Å². The van der Waals surface area contributed by atoms with Crippen LogP contribution in [-0.4, -0.2) is 72.7 Å². The van der Waals surface area contributed by atoms with Gasteiger partial charge in [0.2, 0.25) is 0 Å². The van der Waals surface area contributed by atoms with Gasteiger partial charge in [0.1, 0.15) is 18.2 Å². The van der Waals surface area contributed by atoms with Gasteiger partial charge in [-0.1, -0.05) is 28.1 Å². The summed E-state index contributed by atoms with van der Waals surface area (Å²) in [5.41, 5.74) is 3.15. The maximum Gasteiger partial charge on any atom is 0.318 e. The zero-order valence-electron chi connectivity index (χ0n) is 21.9. The van der Waals surface area contributed by atoms with Crippen molar-refractivity contribution >= 4 is 38.2 Å². The fourth-order valence-electron chi connectivity index (χ4n) is 6.81. The van der Waals surface area contributed by atoms with Crippen molar-refractivity contribution in [1.29, 1.82) is 0 Å². The lowest BCUT2D eigenvalue weighted by molar-refractivity contribution is 0.251. The standard InChI is InChI=1S/C29H34BrFN6O2/c30-24-3-1-2-18-9-22(38)10-26(27(18)24)36-7-6-23-25(15-36)34-29(39-16-21-8-17(11-31)12-32-21)35-28(23)37-13-19-4-5-20(14-37)33-19/h1-3,9-10,17,19-21,32-33,38H,4-8,11-16H2/t17-,19?,20?,21-/m0/s1. The molecule has 10 heteroatoms. The monoisotopic (exact) mass is 596 g/mol. The first kappa shape index (κ1) is 25.3. The van der Waals surface area contributed by atoms with Crippen LogP contribution >= 0.6 is 15.9 Å². The number of alkyl halides is 1. The Hall–Kier alpha value is -2.69. The Bertz CT molecular complexity index is 1380. The first-order valence-electron chi connectivity index (χ1n) is 14.0. The van der Waals surface area contributed by atoms with Crippen molar-refractivity contribution in [2.45, 2.75) is 50.4 Å². The molecule has 5 heterocycles. The molecule has 7 rings (SSSR count).